The van der Waals surface area contributed by atoms with Crippen molar-refractivity contribution in [2.24, 2.45) is 0 Å². The van der Waals surface area contributed by atoms with Crippen LogP contribution in [-0.2, 0) is 5.88 Å². The number of imidazole rings is 1. The van der Waals surface area contributed by atoms with Crippen molar-refractivity contribution in [3.8, 4) is 0 Å². The van der Waals surface area contributed by atoms with E-state index < -0.39 is 0 Å². The van der Waals surface area contributed by atoms with Crippen LogP contribution in [0.25, 0.3) is 11.0 Å². The van der Waals surface area contributed by atoms with Crippen molar-refractivity contribution in [2.45, 2.75) is 25.8 Å². The van der Waals surface area contributed by atoms with Crippen molar-refractivity contribution in [3.63, 3.8) is 0 Å². The number of thiazole rings is 1. The number of fused-ring (bicyclic) bond motifs is 1. The quantitative estimate of drug-likeness (QED) is 0.433. The zero-order chi connectivity index (χ0) is 15.1. The lowest BCUT2D eigenvalue weighted by molar-refractivity contribution is 0.612. The summed E-state index contributed by atoms with van der Waals surface area (Å²) < 4.78 is 16.4. The fraction of sp³-hybridized carbons (Fsp3) is 0.286. The van der Waals surface area contributed by atoms with Crippen LogP contribution in [0.3, 0.4) is 0 Å². The summed E-state index contributed by atoms with van der Waals surface area (Å²) in [7, 11) is 0. The van der Waals surface area contributed by atoms with E-state index in [1.165, 1.54) is 6.07 Å². The van der Waals surface area contributed by atoms with Crippen molar-refractivity contribution in [2.75, 3.05) is 0 Å². The summed E-state index contributed by atoms with van der Waals surface area (Å²) in [5.74, 6) is 0.767. The summed E-state index contributed by atoms with van der Waals surface area (Å²) in [6.07, 6.45) is 1.85. The number of benzene rings is 1. The van der Waals surface area contributed by atoms with E-state index in [9.17, 15) is 4.39 Å². The second kappa shape index (κ2) is 5.81. The largest absolute Gasteiger partial charge is 0.317 e. The van der Waals surface area contributed by atoms with Gasteiger partial charge in [0.15, 0.2) is 0 Å². The molecule has 0 aliphatic heterocycles. The number of rotatable bonds is 3. The molecule has 3 aromatic rings. The molecule has 0 spiro atoms. The number of aryl methyl sites for hydroxylation is 1. The predicted molar refractivity (Wildman–Crippen MR) is 92.6 cm³/mol. The van der Waals surface area contributed by atoms with E-state index >= 15 is 0 Å². The first-order valence-electron chi connectivity index (χ1n) is 6.35. The minimum Gasteiger partial charge on any atom is -0.317 e. The Morgan fingerprint density at radius 1 is 1.48 bits per heavy atom. The Balaban J connectivity index is 2.22. The standard InChI is InChI=1S/C14H12ClFIN3S/c1-7-6-18-14(21-7)8(2)20-12-3-9(16)10(17)4-11(12)19-13(20)5-15/h3-4,6,8H,5H2,1-2H3. The molecular weight excluding hydrogens is 424 g/mol. The van der Waals surface area contributed by atoms with E-state index in [1.807, 2.05) is 47.2 Å². The van der Waals surface area contributed by atoms with Crippen LogP contribution in [0, 0.1) is 16.3 Å². The molecule has 0 fully saturated rings. The zero-order valence-electron chi connectivity index (χ0n) is 11.4. The maximum atomic E-state index is 13.9. The number of hydrogen-bond donors (Lipinski definition) is 0. The highest BCUT2D eigenvalue weighted by atomic mass is 127. The fourth-order valence-corrected chi connectivity index (χ4v) is 3.80. The highest BCUT2D eigenvalue weighted by molar-refractivity contribution is 14.1. The van der Waals surface area contributed by atoms with Crippen LogP contribution in [0.1, 0.15) is 28.7 Å². The maximum absolute atomic E-state index is 13.9. The average Bonchev–Trinajstić information content (AvgIpc) is 3.02. The molecule has 0 saturated carbocycles. The molecule has 1 aromatic carbocycles. The van der Waals surface area contributed by atoms with Crippen molar-refractivity contribution in [1.82, 2.24) is 14.5 Å². The van der Waals surface area contributed by atoms with Crippen LogP contribution in [0.2, 0.25) is 0 Å². The molecule has 0 amide bonds. The third kappa shape index (κ3) is 2.68. The third-order valence-electron chi connectivity index (χ3n) is 3.31. The van der Waals surface area contributed by atoms with Crippen LogP contribution in [0.4, 0.5) is 4.39 Å². The van der Waals surface area contributed by atoms with E-state index in [1.54, 1.807) is 17.4 Å². The first-order valence-corrected chi connectivity index (χ1v) is 8.78. The van der Waals surface area contributed by atoms with E-state index in [2.05, 4.69) is 9.97 Å². The molecule has 2 heterocycles. The fourth-order valence-electron chi connectivity index (χ4n) is 2.34. The van der Waals surface area contributed by atoms with Crippen LogP contribution in [0.15, 0.2) is 18.3 Å². The molecule has 3 nitrogen and oxygen atoms in total. The molecule has 0 radical (unpaired) electrons. The first kappa shape index (κ1) is 15.2. The third-order valence-corrected chi connectivity index (χ3v) is 5.46. The Bertz CT molecular complexity index is 814. The zero-order valence-corrected chi connectivity index (χ0v) is 15.1. The van der Waals surface area contributed by atoms with Gasteiger partial charge in [0.1, 0.15) is 16.6 Å². The molecule has 0 aliphatic rings. The lowest BCUT2D eigenvalue weighted by Gasteiger charge is -2.14. The van der Waals surface area contributed by atoms with Gasteiger partial charge < -0.3 is 4.57 Å². The molecule has 0 N–H and O–H groups in total. The minimum absolute atomic E-state index is 0.0260. The normalized spacial score (nSPS) is 13.0. The summed E-state index contributed by atoms with van der Waals surface area (Å²) in [5, 5.41) is 0.970. The summed E-state index contributed by atoms with van der Waals surface area (Å²) in [5.41, 5.74) is 1.51. The van der Waals surface area contributed by atoms with Crippen molar-refractivity contribution >= 4 is 56.6 Å². The predicted octanol–water partition coefficient (Wildman–Crippen LogP) is 4.89. The topological polar surface area (TPSA) is 30.7 Å². The lowest BCUT2D eigenvalue weighted by atomic mass is 10.2. The van der Waals surface area contributed by atoms with E-state index in [-0.39, 0.29) is 17.7 Å². The highest BCUT2D eigenvalue weighted by Gasteiger charge is 2.20. The van der Waals surface area contributed by atoms with Gasteiger partial charge in [-0.1, -0.05) is 0 Å². The second-order valence-electron chi connectivity index (χ2n) is 4.77. The maximum Gasteiger partial charge on any atom is 0.138 e. The number of nitrogens with zero attached hydrogens (tertiary/aromatic N) is 3. The van der Waals surface area contributed by atoms with Gasteiger partial charge in [0.2, 0.25) is 0 Å². The molecule has 7 heteroatoms. The van der Waals surface area contributed by atoms with Crippen molar-refractivity contribution < 1.29 is 4.39 Å². The summed E-state index contributed by atoms with van der Waals surface area (Å²) in [4.78, 5) is 10.1. The summed E-state index contributed by atoms with van der Waals surface area (Å²) in [6, 6.07) is 3.25. The van der Waals surface area contributed by atoms with Gasteiger partial charge in [0.25, 0.3) is 0 Å². The monoisotopic (exact) mass is 435 g/mol. The van der Waals surface area contributed by atoms with E-state index in [4.69, 9.17) is 11.6 Å². The number of alkyl halides is 1. The number of aromatic nitrogens is 3. The first-order chi connectivity index (χ1) is 10.0. The molecule has 1 atom stereocenters. The summed E-state index contributed by atoms with van der Waals surface area (Å²) >= 11 is 9.63. The molecule has 3 rings (SSSR count). The van der Waals surface area contributed by atoms with Gasteiger partial charge in [-0.3, -0.25) is 0 Å². The highest BCUT2D eigenvalue weighted by Crippen LogP contribution is 2.30. The minimum atomic E-state index is -0.243. The number of hydrogen-bond acceptors (Lipinski definition) is 3. The van der Waals surface area contributed by atoms with Gasteiger partial charge >= 0.3 is 0 Å². The van der Waals surface area contributed by atoms with Crippen molar-refractivity contribution in [3.05, 3.63) is 43.4 Å². The SMILES string of the molecule is Cc1cnc(C(C)n2c(CCl)nc3cc(I)c(F)cc32)s1. The van der Waals surface area contributed by atoms with Crippen LogP contribution in [-0.4, -0.2) is 14.5 Å². The van der Waals surface area contributed by atoms with Crippen LogP contribution >= 0.6 is 45.5 Å². The Kier molecular flexibility index (Phi) is 4.20. The number of halogens is 3. The van der Waals surface area contributed by atoms with Gasteiger partial charge in [-0.2, -0.15) is 0 Å². The van der Waals surface area contributed by atoms with Crippen LogP contribution < -0.4 is 0 Å². The smallest absolute Gasteiger partial charge is 0.138 e. The Morgan fingerprint density at radius 2 is 2.24 bits per heavy atom. The van der Waals surface area contributed by atoms with E-state index in [0.717, 1.165) is 26.7 Å². The van der Waals surface area contributed by atoms with Gasteiger partial charge in [0, 0.05) is 17.1 Å². The molecule has 0 aliphatic carbocycles. The summed E-state index contributed by atoms with van der Waals surface area (Å²) in [6.45, 7) is 4.05. The molecule has 2 aromatic heterocycles. The Hall–Kier alpha value is -0.730. The lowest BCUT2D eigenvalue weighted by Crippen LogP contribution is -2.09. The molecular formula is C14H12ClFIN3S. The van der Waals surface area contributed by atoms with Crippen LogP contribution in [0.5, 0.6) is 0 Å². The average molecular weight is 436 g/mol. The molecule has 0 bridgehead atoms. The second-order valence-corrected chi connectivity index (χ2v) is 7.47. The Labute approximate surface area is 144 Å². The van der Waals surface area contributed by atoms with Gasteiger partial charge in [-0.05, 0) is 42.5 Å². The molecule has 21 heavy (non-hydrogen) atoms. The Morgan fingerprint density at radius 3 is 2.86 bits per heavy atom. The van der Waals surface area contributed by atoms with E-state index in [0.29, 0.717) is 3.57 Å². The van der Waals surface area contributed by atoms with Gasteiger partial charge in [-0.15, -0.1) is 22.9 Å². The van der Waals surface area contributed by atoms with Gasteiger partial charge in [0.05, 0.1) is 26.5 Å². The molecule has 110 valence electrons. The molecule has 1 unspecified atom stereocenters. The van der Waals surface area contributed by atoms with Gasteiger partial charge in [-0.25, -0.2) is 14.4 Å². The van der Waals surface area contributed by atoms with Crippen molar-refractivity contribution in [1.29, 1.82) is 0 Å². The molecule has 0 saturated heterocycles.